The maximum absolute atomic E-state index is 12.5. The lowest BCUT2D eigenvalue weighted by Gasteiger charge is -2.09. The summed E-state index contributed by atoms with van der Waals surface area (Å²) in [4.78, 5) is 12.2. The quantitative estimate of drug-likeness (QED) is 0.659. The van der Waals surface area contributed by atoms with Gasteiger partial charge in [0.05, 0.1) is 12.0 Å². The van der Waals surface area contributed by atoms with Crippen molar-refractivity contribution in [2.24, 2.45) is 0 Å². The number of ether oxygens (including phenoxy) is 1. The van der Waals surface area contributed by atoms with Gasteiger partial charge in [-0.3, -0.25) is 4.79 Å². The van der Waals surface area contributed by atoms with E-state index >= 15 is 0 Å². The van der Waals surface area contributed by atoms with Crippen molar-refractivity contribution in [2.45, 2.75) is 31.2 Å². The standard InChI is InChI=1S/C19H24N2O4S/c1-3-4-12-20-19(22)16-6-5-7-18(13-16)26(23,24)21-14-15-8-10-17(25-2)11-9-15/h5-11,13,21H,3-4,12,14H2,1-2H3,(H,20,22). The summed E-state index contributed by atoms with van der Waals surface area (Å²) >= 11 is 0. The van der Waals surface area contributed by atoms with E-state index < -0.39 is 10.0 Å². The minimum atomic E-state index is -3.72. The van der Waals surface area contributed by atoms with Crippen molar-refractivity contribution in [2.75, 3.05) is 13.7 Å². The van der Waals surface area contributed by atoms with E-state index in [1.165, 1.54) is 12.1 Å². The molecule has 0 fully saturated rings. The van der Waals surface area contributed by atoms with Gasteiger partial charge >= 0.3 is 0 Å². The molecule has 26 heavy (non-hydrogen) atoms. The number of methoxy groups -OCH3 is 1. The highest BCUT2D eigenvalue weighted by atomic mass is 32.2. The first kappa shape index (κ1) is 19.9. The maximum Gasteiger partial charge on any atom is 0.251 e. The van der Waals surface area contributed by atoms with Gasteiger partial charge in [-0.05, 0) is 42.3 Å². The number of rotatable bonds is 9. The summed E-state index contributed by atoms with van der Waals surface area (Å²) in [6.07, 6.45) is 1.86. The molecule has 0 saturated carbocycles. The van der Waals surface area contributed by atoms with Crippen molar-refractivity contribution in [3.63, 3.8) is 0 Å². The van der Waals surface area contributed by atoms with Crippen LogP contribution >= 0.6 is 0 Å². The molecule has 7 heteroatoms. The van der Waals surface area contributed by atoms with Gasteiger partial charge in [0.25, 0.3) is 5.91 Å². The Kier molecular flexibility index (Phi) is 7.17. The summed E-state index contributed by atoms with van der Waals surface area (Å²) in [6.45, 7) is 2.76. The minimum absolute atomic E-state index is 0.0640. The third kappa shape index (κ3) is 5.57. The Hall–Kier alpha value is -2.38. The number of nitrogens with one attached hydrogen (secondary N) is 2. The van der Waals surface area contributed by atoms with Crippen LogP contribution in [0.3, 0.4) is 0 Å². The zero-order chi connectivity index (χ0) is 19.0. The van der Waals surface area contributed by atoms with E-state index in [1.54, 1.807) is 43.5 Å². The van der Waals surface area contributed by atoms with Gasteiger partial charge in [-0.15, -0.1) is 0 Å². The normalized spacial score (nSPS) is 11.2. The smallest absolute Gasteiger partial charge is 0.251 e. The second kappa shape index (κ2) is 9.35. The Balaban J connectivity index is 2.05. The van der Waals surface area contributed by atoms with Crippen molar-refractivity contribution >= 4 is 15.9 Å². The molecule has 0 atom stereocenters. The molecule has 0 aromatic heterocycles. The van der Waals surface area contributed by atoms with Crippen molar-refractivity contribution in [3.8, 4) is 5.75 Å². The summed E-state index contributed by atoms with van der Waals surface area (Å²) < 4.78 is 32.6. The Bertz CT molecular complexity index is 833. The zero-order valence-electron chi connectivity index (χ0n) is 15.0. The fraction of sp³-hybridized carbons (Fsp3) is 0.316. The topological polar surface area (TPSA) is 84.5 Å². The Morgan fingerprint density at radius 3 is 2.50 bits per heavy atom. The predicted molar refractivity (Wildman–Crippen MR) is 101 cm³/mol. The number of benzene rings is 2. The second-order valence-corrected chi connectivity index (χ2v) is 7.58. The highest BCUT2D eigenvalue weighted by molar-refractivity contribution is 7.89. The van der Waals surface area contributed by atoms with Crippen LogP contribution in [0.1, 0.15) is 35.7 Å². The number of carbonyl (C=O) groups excluding carboxylic acids is 1. The fourth-order valence-electron chi connectivity index (χ4n) is 2.29. The molecule has 0 aliphatic heterocycles. The van der Waals surface area contributed by atoms with Crippen LogP contribution in [0.4, 0.5) is 0 Å². The predicted octanol–water partition coefficient (Wildman–Crippen LogP) is 2.70. The molecule has 0 aliphatic rings. The third-order valence-electron chi connectivity index (χ3n) is 3.85. The van der Waals surface area contributed by atoms with Gasteiger partial charge < -0.3 is 10.1 Å². The molecule has 0 spiro atoms. The number of sulfonamides is 1. The monoisotopic (exact) mass is 376 g/mol. The lowest BCUT2D eigenvalue weighted by Crippen LogP contribution is -2.26. The number of hydrogen-bond acceptors (Lipinski definition) is 4. The summed E-state index contributed by atoms with van der Waals surface area (Å²) in [5, 5.41) is 2.78. The summed E-state index contributed by atoms with van der Waals surface area (Å²) in [5.41, 5.74) is 1.14. The number of amides is 1. The highest BCUT2D eigenvalue weighted by Crippen LogP contribution is 2.14. The molecular weight excluding hydrogens is 352 g/mol. The lowest BCUT2D eigenvalue weighted by molar-refractivity contribution is 0.0953. The van der Waals surface area contributed by atoms with E-state index in [2.05, 4.69) is 10.0 Å². The van der Waals surface area contributed by atoms with E-state index in [4.69, 9.17) is 4.74 Å². The zero-order valence-corrected chi connectivity index (χ0v) is 15.8. The molecule has 140 valence electrons. The second-order valence-electron chi connectivity index (χ2n) is 5.81. The van der Waals surface area contributed by atoms with Crippen LogP contribution < -0.4 is 14.8 Å². The molecule has 0 radical (unpaired) electrons. The van der Waals surface area contributed by atoms with E-state index in [0.717, 1.165) is 18.4 Å². The Morgan fingerprint density at radius 1 is 1.12 bits per heavy atom. The molecule has 0 heterocycles. The van der Waals surface area contributed by atoms with Gasteiger partial charge in [-0.25, -0.2) is 13.1 Å². The molecule has 1 amide bonds. The third-order valence-corrected chi connectivity index (χ3v) is 5.25. The van der Waals surface area contributed by atoms with Gasteiger partial charge in [0, 0.05) is 18.7 Å². The van der Waals surface area contributed by atoms with Crippen LogP contribution in [-0.2, 0) is 16.6 Å². The lowest BCUT2D eigenvalue weighted by atomic mass is 10.2. The summed E-state index contributed by atoms with van der Waals surface area (Å²) in [7, 11) is -2.14. The van der Waals surface area contributed by atoms with Crippen molar-refractivity contribution in [3.05, 3.63) is 59.7 Å². The summed E-state index contributed by atoms with van der Waals surface area (Å²) in [5.74, 6) is 0.434. The molecule has 0 bridgehead atoms. The molecular formula is C19H24N2O4S. The molecule has 2 N–H and O–H groups in total. The van der Waals surface area contributed by atoms with Gasteiger partial charge in [-0.1, -0.05) is 31.5 Å². The van der Waals surface area contributed by atoms with Gasteiger partial charge in [0.15, 0.2) is 0 Å². The van der Waals surface area contributed by atoms with Gasteiger partial charge in [0.1, 0.15) is 5.75 Å². The van der Waals surface area contributed by atoms with E-state index in [1.807, 2.05) is 6.92 Å². The maximum atomic E-state index is 12.5. The number of carbonyl (C=O) groups is 1. The van der Waals surface area contributed by atoms with Crippen LogP contribution in [0.5, 0.6) is 5.75 Å². The minimum Gasteiger partial charge on any atom is -0.497 e. The first-order valence-corrected chi connectivity index (χ1v) is 9.95. The van der Waals surface area contributed by atoms with Crippen LogP contribution in [0, 0.1) is 0 Å². The molecule has 2 aromatic rings. The Morgan fingerprint density at radius 2 is 1.85 bits per heavy atom. The fourth-order valence-corrected chi connectivity index (χ4v) is 3.35. The molecule has 0 aliphatic carbocycles. The van der Waals surface area contributed by atoms with E-state index in [0.29, 0.717) is 17.9 Å². The van der Waals surface area contributed by atoms with Gasteiger partial charge in [0.2, 0.25) is 10.0 Å². The first-order chi connectivity index (χ1) is 12.5. The van der Waals surface area contributed by atoms with Crippen LogP contribution in [0.25, 0.3) is 0 Å². The number of unbranched alkanes of at least 4 members (excludes halogenated alkanes) is 1. The van der Waals surface area contributed by atoms with Crippen LogP contribution in [0.2, 0.25) is 0 Å². The molecule has 0 unspecified atom stereocenters. The van der Waals surface area contributed by atoms with Crippen molar-refractivity contribution in [1.82, 2.24) is 10.0 Å². The largest absolute Gasteiger partial charge is 0.497 e. The first-order valence-electron chi connectivity index (χ1n) is 8.47. The molecule has 6 nitrogen and oxygen atoms in total. The van der Waals surface area contributed by atoms with Crippen LogP contribution in [0.15, 0.2) is 53.4 Å². The molecule has 2 aromatic carbocycles. The van der Waals surface area contributed by atoms with Crippen molar-refractivity contribution < 1.29 is 17.9 Å². The highest BCUT2D eigenvalue weighted by Gasteiger charge is 2.16. The number of hydrogen-bond donors (Lipinski definition) is 2. The van der Waals surface area contributed by atoms with Crippen molar-refractivity contribution in [1.29, 1.82) is 0 Å². The van der Waals surface area contributed by atoms with E-state index in [-0.39, 0.29) is 17.3 Å². The Labute approximate surface area is 154 Å². The van der Waals surface area contributed by atoms with Gasteiger partial charge in [-0.2, -0.15) is 0 Å². The van der Waals surface area contributed by atoms with E-state index in [9.17, 15) is 13.2 Å². The van der Waals surface area contributed by atoms with Crippen LogP contribution in [-0.4, -0.2) is 28.0 Å². The SMILES string of the molecule is CCCCNC(=O)c1cccc(S(=O)(=O)NCc2ccc(OC)cc2)c1. The average Bonchev–Trinajstić information content (AvgIpc) is 2.67. The molecule has 0 saturated heterocycles. The summed E-state index contributed by atoms with van der Waals surface area (Å²) in [6, 6.07) is 13.1. The average molecular weight is 376 g/mol. The molecule has 2 rings (SSSR count).